The maximum absolute atomic E-state index is 14.4. The summed E-state index contributed by atoms with van der Waals surface area (Å²) < 4.78 is 13.4. The van der Waals surface area contributed by atoms with Gasteiger partial charge in [-0.1, -0.05) is 23.7 Å². The number of aliphatic hydroxyl groups excluding tert-OH is 1. The third kappa shape index (κ3) is 2.73. The molecule has 2 aliphatic heterocycles. The number of quaternary nitrogens is 1. The van der Waals surface area contributed by atoms with Crippen molar-refractivity contribution in [1.82, 2.24) is 4.98 Å². The zero-order valence-corrected chi connectivity index (χ0v) is 15.0. The van der Waals surface area contributed by atoms with Gasteiger partial charge in [-0.3, -0.25) is 0 Å². The number of amidine groups is 1. The van der Waals surface area contributed by atoms with Gasteiger partial charge < -0.3 is 10.3 Å². The molecule has 4 rings (SSSR count). The first-order valence-electron chi connectivity index (χ1n) is 7.83. The minimum Gasteiger partial charge on any atom is -0.617 e. The number of halogens is 2. The Morgan fingerprint density at radius 2 is 2.08 bits per heavy atom. The molecule has 1 aromatic heterocycles. The first kappa shape index (κ1) is 17.2. The van der Waals surface area contributed by atoms with Gasteiger partial charge in [-0.15, -0.1) is 0 Å². The predicted octanol–water partition coefficient (Wildman–Crippen LogP) is 4.09. The van der Waals surface area contributed by atoms with E-state index in [4.69, 9.17) is 11.6 Å². The van der Waals surface area contributed by atoms with Crippen LogP contribution < -0.4 is 0 Å². The minimum absolute atomic E-state index is 0.0245. The topological polar surface area (TPSA) is 68.5 Å². The Morgan fingerprint density at radius 1 is 1.27 bits per heavy atom. The summed E-state index contributed by atoms with van der Waals surface area (Å²) in [6.07, 6.45) is 4.78. The maximum atomic E-state index is 14.4. The van der Waals surface area contributed by atoms with Gasteiger partial charge in [0.15, 0.2) is 16.6 Å². The van der Waals surface area contributed by atoms with E-state index in [0.717, 1.165) is 5.56 Å². The van der Waals surface area contributed by atoms with Crippen molar-refractivity contribution in [1.29, 1.82) is 0 Å². The van der Waals surface area contributed by atoms with Crippen LogP contribution >= 0.6 is 11.6 Å². The number of fused-ring (bicyclic) bond motifs is 1. The van der Waals surface area contributed by atoms with Crippen molar-refractivity contribution in [2.75, 3.05) is 6.54 Å². The third-order valence-electron chi connectivity index (χ3n) is 4.21. The number of hydroxylamine groups is 3. The number of rotatable bonds is 3. The van der Waals surface area contributed by atoms with Crippen molar-refractivity contribution in [2.45, 2.75) is 5.75 Å². The van der Waals surface area contributed by atoms with Crippen LogP contribution in [0, 0.1) is 11.0 Å². The molecule has 2 atom stereocenters. The summed E-state index contributed by atoms with van der Waals surface area (Å²) in [6.45, 7) is 0.0644. The molecule has 26 heavy (non-hydrogen) atoms. The van der Waals surface area contributed by atoms with Crippen molar-refractivity contribution in [2.24, 2.45) is 4.99 Å². The van der Waals surface area contributed by atoms with E-state index in [-0.39, 0.29) is 28.1 Å². The fourth-order valence-corrected chi connectivity index (χ4v) is 5.28. The maximum Gasteiger partial charge on any atom is 0.428 e. The number of hydrogen-bond acceptors (Lipinski definition) is 4. The molecule has 0 saturated heterocycles. The summed E-state index contributed by atoms with van der Waals surface area (Å²) in [5.41, 5.74) is 0.937. The normalized spacial score (nSPS) is 24.6. The summed E-state index contributed by atoms with van der Waals surface area (Å²) in [4.78, 5) is 8.29. The van der Waals surface area contributed by atoms with Crippen molar-refractivity contribution >= 4 is 33.4 Å². The monoisotopic (exact) mass is 390 g/mol. The number of aromatic nitrogens is 1. The van der Waals surface area contributed by atoms with Crippen LogP contribution in [-0.4, -0.2) is 26.4 Å². The standard InChI is InChI=1S/C18H13ClFN3O2S/c19-15-7-6-12(10-22-15)11-26-17(24)16(13-4-1-2-5-14(13)20)23(25)9-3-8-21-18(23)26/h1-8,10H,9,11H2/p+1. The van der Waals surface area contributed by atoms with E-state index in [0.29, 0.717) is 10.9 Å². The average Bonchev–Trinajstić information content (AvgIpc) is 2.84. The Bertz CT molecular complexity index is 961. The fourth-order valence-electron chi connectivity index (χ4n) is 3.02. The number of aliphatic imine (C=N–C) groups is 1. The molecule has 1 N–H and O–H groups in total. The van der Waals surface area contributed by atoms with Crippen LogP contribution in [0.1, 0.15) is 11.1 Å². The molecule has 2 aromatic rings. The van der Waals surface area contributed by atoms with Gasteiger partial charge >= 0.3 is 10.3 Å². The highest BCUT2D eigenvalue weighted by Gasteiger charge is 2.59. The highest BCUT2D eigenvalue weighted by atomic mass is 35.5. The van der Waals surface area contributed by atoms with Crippen LogP contribution in [0.3, 0.4) is 0 Å². The number of aliphatic hydroxyl groups is 1. The lowest BCUT2D eigenvalue weighted by Crippen LogP contribution is -2.46. The molecule has 3 heterocycles. The minimum atomic E-state index is -0.980. The molecule has 0 amide bonds. The molecule has 0 aliphatic carbocycles. The van der Waals surface area contributed by atoms with E-state index in [1.807, 2.05) is 0 Å². The van der Waals surface area contributed by atoms with E-state index in [1.165, 1.54) is 12.1 Å². The van der Waals surface area contributed by atoms with Gasteiger partial charge in [0, 0.05) is 18.0 Å². The van der Waals surface area contributed by atoms with Gasteiger partial charge in [-0.2, -0.15) is 4.99 Å². The van der Waals surface area contributed by atoms with E-state index in [9.17, 15) is 14.7 Å². The number of benzene rings is 1. The molecule has 0 radical (unpaired) electrons. The molecular formula is C18H14ClFN3O2S+. The molecule has 0 fully saturated rings. The molecular weight excluding hydrogens is 377 g/mol. The highest BCUT2D eigenvalue weighted by Crippen LogP contribution is 2.44. The Morgan fingerprint density at radius 3 is 2.81 bits per heavy atom. The summed E-state index contributed by atoms with van der Waals surface area (Å²) in [5.74, 6) is -0.196. The Kier molecular flexibility index (Phi) is 4.32. The second-order valence-electron chi connectivity index (χ2n) is 5.88. The van der Waals surface area contributed by atoms with Crippen molar-refractivity contribution < 1.29 is 14.1 Å². The van der Waals surface area contributed by atoms with E-state index < -0.39 is 21.4 Å². The predicted molar refractivity (Wildman–Crippen MR) is 101 cm³/mol. The van der Waals surface area contributed by atoms with Gasteiger partial charge in [0.1, 0.15) is 17.5 Å². The fraction of sp³-hybridized carbons (Fsp3) is 0.111. The molecule has 2 aliphatic rings. The molecule has 0 saturated carbocycles. The number of pyridine rings is 1. The zero-order chi connectivity index (χ0) is 18.3. The van der Waals surface area contributed by atoms with Gasteiger partial charge in [0.2, 0.25) is 5.70 Å². The Balaban J connectivity index is 1.83. The molecule has 0 bridgehead atoms. The van der Waals surface area contributed by atoms with Gasteiger partial charge in [-0.05, 0) is 30.3 Å². The smallest absolute Gasteiger partial charge is 0.428 e. The number of hydrogen-bond donors (Lipinski definition) is 1. The highest BCUT2D eigenvalue weighted by molar-refractivity contribution is 8.13. The van der Waals surface area contributed by atoms with Crippen molar-refractivity contribution in [3.63, 3.8) is 0 Å². The first-order chi connectivity index (χ1) is 12.5. The van der Waals surface area contributed by atoms with Crippen molar-refractivity contribution in [3.8, 4) is 0 Å². The van der Waals surface area contributed by atoms with E-state index in [2.05, 4.69) is 9.98 Å². The molecule has 0 spiro atoms. The lowest BCUT2D eigenvalue weighted by molar-refractivity contribution is -0.698. The van der Waals surface area contributed by atoms with E-state index in [1.54, 1.807) is 42.7 Å². The molecule has 8 heteroatoms. The van der Waals surface area contributed by atoms with Crippen LogP contribution in [0.2, 0.25) is 5.15 Å². The van der Waals surface area contributed by atoms with Crippen LogP contribution in [0.4, 0.5) is 4.39 Å². The third-order valence-corrected chi connectivity index (χ3v) is 6.55. The van der Waals surface area contributed by atoms with Crippen LogP contribution in [0.25, 0.3) is 5.70 Å². The van der Waals surface area contributed by atoms with Gasteiger partial charge in [0.25, 0.3) is 0 Å². The van der Waals surface area contributed by atoms with Crippen LogP contribution in [0.15, 0.2) is 65.0 Å². The summed E-state index contributed by atoms with van der Waals surface area (Å²) >= 11 is 5.82. The van der Waals surface area contributed by atoms with Crippen LogP contribution in [0.5, 0.6) is 0 Å². The lowest BCUT2D eigenvalue weighted by atomic mass is 10.1. The largest absolute Gasteiger partial charge is 0.617 e. The summed E-state index contributed by atoms with van der Waals surface area (Å²) in [7, 11) is -0.980. The second-order valence-corrected chi connectivity index (χ2v) is 8.09. The Hall–Kier alpha value is -2.19. The van der Waals surface area contributed by atoms with Gasteiger partial charge in [-0.25, -0.2) is 14.0 Å². The quantitative estimate of drug-likeness (QED) is 0.371. The SMILES string of the molecule is [O-][N+]12CC=CN=C1[S+](Cc1ccc(Cl)nc1)C(O)=C2c1ccccc1F. The second kappa shape index (κ2) is 6.51. The van der Waals surface area contributed by atoms with Crippen LogP contribution in [-0.2, 0) is 16.6 Å². The molecule has 1 aromatic carbocycles. The zero-order valence-electron chi connectivity index (χ0n) is 13.5. The average molecular weight is 391 g/mol. The van der Waals surface area contributed by atoms with Crippen molar-refractivity contribution in [3.05, 3.63) is 87.3 Å². The summed E-state index contributed by atoms with van der Waals surface area (Å²) in [6, 6.07) is 9.40. The lowest BCUT2D eigenvalue weighted by Gasteiger charge is -2.35. The first-order valence-corrected chi connectivity index (χ1v) is 9.60. The molecule has 2 unspecified atom stereocenters. The molecule has 132 valence electrons. The Labute approximate surface area is 157 Å². The molecule has 5 nitrogen and oxygen atoms in total. The van der Waals surface area contributed by atoms with E-state index >= 15 is 0 Å². The summed E-state index contributed by atoms with van der Waals surface area (Å²) in [5, 5.41) is 25.0. The van der Waals surface area contributed by atoms with Gasteiger partial charge in [0.05, 0.1) is 5.56 Å². The number of nitrogens with zero attached hydrogens (tertiary/aromatic N) is 3.